The molecule has 0 aromatic carbocycles. The first-order valence-electron chi connectivity index (χ1n) is 4.62. The largest absolute Gasteiger partial charge is 0.467 e. The van der Waals surface area contributed by atoms with Crippen LogP contribution < -0.4 is 20.5 Å². The van der Waals surface area contributed by atoms with Crippen molar-refractivity contribution in [2.75, 3.05) is 26.1 Å². The van der Waals surface area contributed by atoms with E-state index in [0.29, 0.717) is 0 Å². The van der Waals surface area contributed by atoms with Crippen molar-refractivity contribution in [3.05, 3.63) is 0 Å². The summed E-state index contributed by atoms with van der Waals surface area (Å²) in [5.74, 6) is -0.737. The van der Waals surface area contributed by atoms with Gasteiger partial charge in [0.25, 0.3) is 0 Å². The van der Waals surface area contributed by atoms with Gasteiger partial charge in [-0.2, -0.15) is 9.97 Å². The molecule has 0 fully saturated rings. The maximum atomic E-state index is 10.6. The van der Waals surface area contributed by atoms with Crippen LogP contribution >= 0.6 is 0 Å². The molecular weight excluding hydrogens is 230 g/mol. The number of nitrogens with zero attached hydrogens (tertiary/aromatic N) is 3. The summed E-state index contributed by atoms with van der Waals surface area (Å²) < 4.78 is 9.63. The third-order valence-corrected chi connectivity index (χ3v) is 1.74. The van der Waals surface area contributed by atoms with Crippen molar-refractivity contribution in [2.24, 2.45) is 5.73 Å². The quantitative estimate of drug-likeness (QED) is 0.530. The van der Waals surface area contributed by atoms with Crippen LogP contribution in [0.1, 0.15) is 0 Å². The Labute approximate surface area is 97.0 Å². The van der Waals surface area contributed by atoms with E-state index >= 15 is 0 Å². The van der Waals surface area contributed by atoms with Gasteiger partial charge in [-0.15, -0.1) is 4.98 Å². The Kier molecular flexibility index (Phi) is 4.40. The number of nitrogens with two attached hydrogens (primary N) is 1. The lowest BCUT2D eigenvalue weighted by molar-refractivity contribution is -0.125. The molecule has 1 heterocycles. The highest BCUT2D eigenvalue weighted by molar-refractivity contribution is 5.79. The average molecular weight is 243 g/mol. The van der Waals surface area contributed by atoms with Gasteiger partial charge in [-0.1, -0.05) is 0 Å². The van der Waals surface area contributed by atoms with Crippen molar-refractivity contribution in [2.45, 2.75) is 6.10 Å². The van der Waals surface area contributed by atoms with Gasteiger partial charge in [-0.25, -0.2) is 0 Å². The number of rotatable bonds is 6. The maximum Gasteiger partial charge on any atom is 0.324 e. The number of carbonyl (C=O) groups excluding carboxylic acids is 1. The third-order valence-electron chi connectivity index (χ3n) is 1.74. The van der Waals surface area contributed by atoms with E-state index in [1.165, 1.54) is 14.2 Å². The fourth-order valence-corrected chi connectivity index (χ4v) is 0.888. The van der Waals surface area contributed by atoms with E-state index in [4.69, 9.17) is 15.2 Å². The lowest BCUT2D eigenvalue weighted by Gasteiger charge is -2.09. The van der Waals surface area contributed by atoms with E-state index in [1.807, 2.05) is 0 Å². The summed E-state index contributed by atoms with van der Waals surface area (Å²) in [5, 5.41) is 11.8. The lowest BCUT2D eigenvalue weighted by Crippen LogP contribution is -2.34. The zero-order chi connectivity index (χ0) is 12.8. The van der Waals surface area contributed by atoms with Crippen LogP contribution in [0.2, 0.25) is 0 Å². The van der Waals surface area contributed by atoms with Crippen LogP contribution in [-0.4, -0.2) is 52.8 Å². The van der Waals surface area contributed by atoms with Gasteiger partial charge in [0.15, 0.2) is 0 Å². The molecule has 17 heavy (non-hydrogen) atoms. The van der Waals surface area contributed by atoms with Gasteiger partial charge in [0.2, 0.25) is 11.9 Å². The number of ether oxygens (including phenoxy) is 2. The highest BCUT2D eigenvalue weighted by Crippen LogP contribution is 2.11. The predicted octanol–water partition coefficient (Wildman–Crippen LogP) is -1.85. The normalized spacial score (nSPS) is 11.7. The summed E-state index contributed by atoms with van der Waals surface area (Å²) >= 11 is 0. The van der Waals surface area contributed by atoms with Crippen LogP contribution in [0, 0.1) is 0 Å². The number of nitrogens with one attached hydrogen (secondary N) is 1. The Morgan fingerprint density at radius 2 is 1.88 bits per heavy atom. The molecule has 0 spiro atoms. The zero-order valence-electron chi connectivity index (χ0n) is 9.38. The van der Waals surface area contributed by atoms with Gasteiger partial charge in [-0.05, 0) is 0 Å². The summed E-state index contributed by atoms with van der Waals surface area (Å²) in [6, 6.07) is 0.0980. The number of aromatic nitrogens is 3. The monoisotopic (exact) mass is 243 g/mol. The Bertz CT molecular complexity index is 377. The van der Waals surface area contributed by atoms with Crippen molar-refractivity contribution in [1.82, 2.24) is 15.0 Å². The highest BCUT2D eigenvalue weighted by Gasteiger charge is 2.12. The molecule has 4 N–H and O–H groups in total. The number of primary amides is 1. The van der Waals surface area contributed by atoms with E-state index in [9.17, 15) is 9.90 Å². The molecule has 1 rings (SSSR count). The number of carbonyl (C=O) groups is 1. The molecule has 0 bridgehead atoms. The molecule has 1 aromatic heterocycles. The van der Waals surface area contributed by atoms with Crippen molar-refractivity contribution in [3.63, 3.8) is 0 Å². The molecule has 0 radical (unpaired) electrons. The summed E-state index contributed by atoms with van der Waals surface area (Å²) in [5.41, 5.74) is 4.88. The third kappa shape index (κ3) is 3.72. The molecule has 1 aromatic rings. The lowest BCUT2D eigenvalue weighted by atomic mass is 10.3. The minimum absolute atomic E-state index is 0.0490. The highest BCUT2D eigenvalue weighted by atomic mass is 16.5. The van der Waals surface area contributed by atoms with Gasteiger partial charge >= 0.3 is 12.0 Å². The Morgan fingerprint density at radius 1 is 1.35 bits per heavy atom. The molecule has 0 saturated heterocycles. The van der Waals surface area contributed by atoms with Crippen molar-refractivity contribution >= 4 is 11.9 Å². The maximum absolute atomic E-state index is 10.6. The SMILES string of the molecule is COc1nc(NCC(O)C(N)=O)nc(OC)n1. The molecule has 0 aliphatic heterocycles. The molecule has 0 saturated carbocycles. The second-order valence-electron chi connectivity index (χ2n) is 2.93. The standard InChI is InChI=1S/C8H13N5O4/c1-16-7-11-6(12-8(13-7)17-2)10-3-4(14)5(9)15/h4,14H,3H2,1-2H3,(H2,9,15)(H,10,11,12,13). The zero-order valence-corrected chi connectivity index (χ0v) is 9.38. The Balaban J connectivity index is 2.73. The van der Waals surface area contributed by atoms with Gasteiger partial charge in [0.05, 0.1) is 20.8 Å². The number of aliphatic hydroxyl groups excluding tert-OH is 1. The number of amides is 1. The van der Waals surface area contributed by atoms with Gasteiger partial charge in [0, 0.05) is 0 Å². The van der Waals surface area contributed by atoms with Crippen LogP contribution in [0.4, 0.5) is 5.95 Å². The van der Waals surface area contributed by atoms with E-state index in [-0.39, 0.29) is 24.5 Å². The fraction of sp³-hybridized carbons (Fsp3) is 0.500. The summed E-state index contributed by atoms with van der Waals surface area (Å²) in [6.45, 7) is -0.119. The van der Waals surface area contributed by atoms with Crippen LogP contribution in [0.3, 0.4) is 0 Å². The first kappa shape index (κ1) is 12.9. The average Bonchev–Trinajstić information content (AvgIpc) is 2.35. The van der Waals surface area contributed by atoms with E-state index in [2.05, 4.69) is 20.3 Å². The van der Waals surface area contributed by atoms with E-state index < -0.39 is 12.0 Å². The molecule has 9 nitrogen and oxygen atoms in total. The van der Waals surface area contributed by atoms with Gasteiger partial charge < -0.3 is 25.6 Å². The van der Waals surface area contributed by atoms with E-state index in [0.717, 1.165) is 0 Å². The topological polar surface area (TPSA) is 132 Å². The first-order chi connectivity index (χ1) is 8.06. The molecule has 0 aliphatic carbocycles. The summed E-state index contributed by atoms with van der Waals surface area (Å²) in [4.78, 5) is 22.0. The van der Waals surface area contributed by atoms with E-state index in [1.54, 1.807) is 0 Å². The van der Waals surface area contributed by atoms with Crippen molar-refractivity contribution < 1.29 is 19.4 Å². The molecule has 0 aliphatic rings. The van der Waals surface area contributed by atoms with Crippen LogP contribution in [0.15, 0.2) is 0 Å². The number of hydrogen-bond acceptors (Lipinski definition) is 8. The molecular formula is C8H13N5O4. The number of aliphatic hydroxyl groups is 1. The van der Waals surface area contributed by atoms with Gasteiger partial charge in [0.1, 0.15) is 6.10 Å². The van der Waals surface area contributed by atoms with Crippen molar-refractivity contribution in [1.29, 1.82) is 0 Å². The number of methoxy groups -OCH3 is 2. The molecule has 9 heteroatoms. The Morgan fingerprint density at radius 3 is 2.29 bits per heavy atom. The molecule has 1 unspecified atom stereocenters. The summed E-state index contributed by atoms with van der Waals surface area (Å²) in [6.07, 6.45) is -1.33. The second kappa shape index (κ2) is 5.80. The minimum Gasteiger partial charge on any atom is -0.467 e. The molecule has 94 valence electrons. The fourth-order valence-electron chi connectivity index (χ4n) is 0.888. The molecule has 1 atom stereocenters. The van der Waals surface area contributed by atoms with Crippen molar-refractivity contribution in [3.8, 4) is 12.0 Å². The molecule has 1 amide bonds. The van der Waals surface area contributed by atoms with Gasteiger partial charge in [-0.3, -0.25) is 4.79 Å². The second-order valence-corrected chi connectivity index (χ2v) is 2.93. The van der Waals surface area contributed by atoms with Crippen LogP contribution in [0.25, 0.3) is 0 Å². The minimum atomic E-state index is -1.33. The summed E-state index contributed by atoms with van der Waals surface area (Å²) in [7, 11) is 2.77. The smallest absolute Gasteiger partial charge is 0.324 e. The number of hydrogen-bond donors (Lipinski definition) is 3. The Hall–Kier alpha value is -2.16. The number of anilines is 1. The van der Waals surface area contributed by atoms with Crippen LogP contribution in [-0.2, 0) is 4.79 Å². The first-order valence-corrected chi connectivity index (χ1v) is 4.62. The van der Waals surface area contributed by atoms with Crippen LogP contribution in [0.5, 0.6) is 12.0 Å². The predicted molar refractivity (Wildman–Crippen MR) is 56.6 cm³/mol.